The number of carboxylic acids is 2. The maximum atomic E-state index is 12.8. The molecule has 3 aromatic heterocycles. The summed E-state index contributed by atoms with van der Waals surface area (Å²) < 4.78 is 0. The molecule has 2 aliphatic heterocycles. The van der Waals surface area contributed by atoms with Gasteiger partial charge in [-0.3, -0.25) is 14.4 Å². The molecular weight excluding hydrogens is 796 g/mol. The Morgan fingerprint density at radius 1 is 0.750 bits per heavy atom. The fourth-order valence-electron chi connectivity index (χ4n) is 7.79. The number of hydrogen-bond acceptors (Lipinski definition) is 5. The fourth-order valence-corrected chi connectivity index (χ4v) is 7.79. The molecule has 0 aromatic carbocycles. The van der Waals surface area contributed by atoms with Gasteiger partial charge >= 0.3 is 29.0 Å². The van der Waals surface area contributed by atoms with E-state index in [1.165, 1.54) is 16.7 Å². The second kappa shape index (κ2) is 21.3. The molecule has 0 unspecified atom stereocenters. The number of aliphatic hydroxyl groups is 1. The molecule has 5 heterocycles. The van der Waals surface area contributed by atoms with E-state index in [4.69, 9.17) is 15.0 Å². The summed E-state index contributed by atoms with van der Waals surface area (Å²) in [5.74, 6) is -1.96. The van der Waals surface area contributed by atoms with Gasteiger partial charge in [0, 0.05) is 24.0 Å². The number of carboxylic acid groups (broad SMARTS) is 2. The molecule has 1 atom stereocenters. The van der Waals surface area contributed by atoms with Crippen LogP contribution in [-0.4, -0.2) is 38.5 Å². The summed E-state index contributed by atoms with van der Waals surface area (Å²) in [6.07, 6.45) is 13.6. The van der Waals surface area contributed by atoms with Crippen LogP contribution >= 0.6 is 0 Å². The average molecular weight is 854 g/mol. The molecule has 0 saturated heterocycles. The van der Waals surface area contributed by atoms with Crippen LogP contribution in [0, 0.1) is 13.8 Å². The molecule has 2 aliphatic rings. The number of aryl methyl sites for hydroxylation is 3. The zero-order valence-corrected chi connectivity index (χ0v) is 36.9. The number of carbonyl (C=O) groups is 3. The van der Waals surface area contributed by atoms with E-state index >= 15 is 0 Å². The molecule has 10 nitrogen and oxygen atoms in total. The first-order valence-electron chi connectivity index (χ1n) is 20.4. The topological polar surface area (TPSA) is 167 Å². The second-order valence-corrected chi connectivity index (χ2v) is 15.9. The van der Waals surface area contributed by atoms with E-state index in [1.54, 1.807) is 18.2 Å². The smallest absolute Gasteiger partial charge is 0.657 e. The van der Waals surface area contributed by atoms with Gasteiger partial charge in [-0.05, 0) is 123 Å². The number of nitrogens with zero attached hydrogens (tertiary/aromatic N) is 3. The third-order valence-electron chi connectivity index (χ3n) is 11.2. The van der Waals surface area contributed by atoms with Crippen LogP contribution in [0.5, 0.6) is 0 Å². The van der Waals surface area contributed by atoms with Gasteiger partial charge in [-0.2, -0.15) is 0 Å². The Morgan fingerprint density at radius 3 is 1.97 bits per heavy atom. The molecule has 4 N–H and O–H groups in total. The summed E-state index contributed by atoms with van der Waals surface area (Å²) in [7, 11) is 0. The van der Waals surface area contributed by atoms with E-state index in [0.29, 0.717) is 80.7 Å². The summed E-state index contributed by atoms with van der Waals surface area (Å²) in [6, 6.07) is 7.27. The molecular formula is C49H57FeN4O6+. The number of aromatic amines is 1. The normalized spacial score (nSPS) is 13.6. The molecule has 0 amide bonds. The largest absolute Gasteiger partial charge is 2.00 e. The summed E-state index contributed by atoms with van der Waals surface area (Å²) in [4.78, 5) is 54.6. The Hall–Kier alpha value is -5.35. The van der Waals surface area contributed by atoms with E-state index in [0.717, 1.165) is 53.5 Å². The summed E-state index contributed by atoms with van der Waals surface area (Å²) in [5, 5.41) is 31.1. The Labute approximate surface area is 363 Å². The third-order valence-corrected chi connectivity index (χ3v) is 11.2. The standard InChI is InChI=1S/C49H58N4O6.Fe/c1-9-34-31(6)39-25-45-49(46(55)18-12-17-30(5)16-11-15-29(4)14-10-13-28(2)3)33(8)40(52-45)24-44-37(27-54)36(20-22-48(58)59)43(53-44)26-42-35(19-21-47(56)57)32(7)38(51-42)23-41(34)50-39;/h9,13,15,17,23-27,46,55H,1,10-12,14,16,18-22H2,2-8H3,(H4,50,51,52,53,54,56,57,58,59);/q;+2/p-1/b29-15+,30-17+,38-23?,39-25?,40-24?,41-23?,42-26?,43-26?,44-24?,45-25?;/t46-;/m0./s1. The number of aliphatic carboxylic acids is 2. The van der Waals surface area contributed by atoms with Crippen LogP contribution in [-0.2, 0) is 37.9 Å². The third kappa shape index (κ3) is 11.5. The number of hydrogen-bond donors (Lipinski definition) is 3. The number of aldehydes is 1. The summed E-state index contributed by atoms with van der Waals surface area (Å²) in [5.41, 5.74) is 13.9. The number of nitrogens with one attached hydrogen (secondary N) is 1. The van der Waals surface area contributed by atoms with Crippen LogP contribution in [0.1, 0.15) is 144 Å². The first-order valence-corrected chi connectivity index (χ1v) is 20.4. The maximum absolute atomic E-state index is 12.8. The minimum atomic E-state index is -1.01. The van der Waals surface area contributed by atoms with E-state index in [2.05, 4.69) is 57.5 Å². The maximum Gasteiger partial charge on any atom is 2.00 e. The van der Waals surface area contributed by atoms with Gasteiger partial charge < -0.3 is 25.3 Å². The Morgan fingerprint density at radius 2 is 1.33 bits per heavy atom. The zero-order valence-electron chi connectivity index (χ0n) is 35.8. The minimum absolute atomic E-state index is 0. The fraction of sp³-hybridized carbons (Fsp3) is 0.367. The van der Waals surface area contributed by atoms with Crippen molar-refractivity contribution in [3.8, 4) is 0 Å². The van der Waals surface area contributed by atoms with Crippen molar-refractivity contribution in [1.82, 2.24) is 15.0 Å². The Bertz CT molecular complexity index is 2490. The molecule has 0 radical (unpaired) electrons. The number of rotatable bonds is 18. The molecule has 11 heteroatoms. The number of carbonyl (C=O) groups excluding carboxylic acids is 1. The van der Waals surface area contributed by atoms with Crippen LogP contribution in [0.2, 0.25) is 0 Å². The number of fused-ring (bicyclic) bond motifs is 8. The molecule has 316 valence electrons. The van der Waals surface area contributed by atoms with E-state index in [9.17, 15) is 29.7 Å². The van der Waals surface area contributed by atoms with Crippen molar-refractivity contribution in [2.24, 2.45) is 0 Å². The van der Waals surface area contributed by atoms with Gasteiger partial charge in [-0.1, -0.05) is 76.4 Å². The summed E-state index contributed by atoms with van der Waals surface area (Å²) >= 11 is 0. The van der Waals surface area contributed by atoms with Crippen molar-refractivity contribution in [3.05, 3.63) is 117 Å². The van der Waals surface area contributed by atoms with Crippen molar-refractivity contribution in [2.75, 3.05) is 0 Å². The van der Waals surface area contributed by atoms with Crippen LogP contribution in [0.25, 0.3) is 44.4 Å². The molecule has 3 aromatic rings. The van der Waals surface area contributed by atoms with Crippen LogP contribution in [0.4, 0.5) is 0 Å². The first kappa shape index (κ1) is 47.3. The SMILES string of the molecule is C=CC1=C(C)c2cc3[n-]c(cc4[nH+]c(cc5[n-]c(cc1n2)c(C)c5CCC(=O)O)C(CCC(=O)O)=C4C=O)c(C)c3[C@@H](O)CC/C=C(\C)CC/C=C(\C)CCC=C(C)C.[Fe+2]. The van der Waals surface area contributed by atoms with Crippen LogP contribution in [0.3, 0.4) is 0 Å². The van der Waals surface area contributed by atoms with Crippen molar-refractivity contribution in [1.29, 1.82) is 0 Å². The number of allylic oxidation sites excluding steroid dienone is 11. The number of aromatic nitrogens is 4. The quantitative estimate of drug-likeness (QED) is 0.0641. The molecule has 0 fully saturated rings. The van der Waals surface area contributed by atoms with Gasteiger partial charge in [-0.15, -0.1) is 22.1 Å². The molecule has 8 bridgehead atoms. The number of aliphatic hydroxyl groups excluding tert-OH is 1. The first-order chi connectivity index (χ1) is 28.1. The second-order valence-electron chi connectivity index (χ2n) is 15.9. The monoisotopic (exact) mass is 853 g/mol. The van der Waals surface area contributed by atoms with Crippen molar-refractivity contribution in [2.45, 2.75) is 119 Å². The van der Waals surface area contributed by atoms with E-state index in [1.807, 2.05) is 32.9 Å². The van der Waals surface area contributed by atoms with Gasteiger partial charge in [0.1, 0.15) is 0 Å². The Kier molecular flexibility index (Phi) is 16.8. The average Bonchev–Trinajstić information content (AvgIpc) is 3.85. The zero-order chi connectivity index (χ0) is 43.0. The van der Waals surface area contributed by atoms with Crippen molar-refractivity contribution >= 4 is 62.6 Å². The predicted octanol–water partition coefficient (Wildman–Crippen LogP) is 9.95. The molecule has 5 rings (SSSR count). The molecule has 60 heavy (non-hydrogen) atoms. The van der Waals surface area contributed by atoms with Gasteiger partial charge in [0.25, 0.3) is 0 Å². The molecule has 0 spiro atoms. The van der Waals surface area contributed by atoms with Gasteiger partial charge in [0.2, 0.25) is 11.4 Å². The van der Waals surface area contributed by atoms with E-state index in [-0.39, 0.29) is 42.8 Å². The van der Waals surface area contributed by atoms with Crippen molar-refractivity contribution < 1.29 is 51.8 Å². The predicted molar refractivity (Wildman–Crippen MR) is 235 cm³/mol. The minimum Gasteiger partial charge on any atom is -0.657 e. The van der Waals surface area contributed by atoms with Crippen molar-refractivity contribution in [3.63, 3.8) is 0 Å². The van der Waals surface area contributed by atoms with E-state index < -0.39 is 18.0 Å². The van der Waals surface area contributed by atoms with Gasteiger partial charge in [0.15, 0.2) is 6.29 Å². The van der Waals surface area contributed by atoms with Gasteiger partial charge in [0.05, 0.1) is 23.1 Å². The summed E-state index contributed by atoms with van der Waals surface area (Å²) in [6.45, 7) is 18.4. The number of H-pyrrole nitrogens is 1. The van der Waals surface area contributed by atoms with Crippen LogP contribution < -0.4 is 15.0 Å². The molecule has 0 saturated carbocycles. The Balaban J connectivity index is 0.00000794. The molecule has 0 aliphatic carbocycles. The van der Waals surface area contributed by atoms with Crippen LogP contribution in [0.15, 0.2) is 71.9 Å². The van der Waals surface area contributed by atoms with Gasteiger partial charge in [-0.25, -0.2) is 9.97 Å².